The van der Waals surface area contributed by atoms with E-state index in [9.17, 15) is 4.39 Å². The second-order valence-corrected chi connectivity index (χ2v) is 5.39. The smallest absolute Gasteiger partial charge is 0.115 e. The molecule has 0 atom stereocenters. The summed E-state index contributed by atoms with van der Waals surface area (Å²) in [6.07, 6.45) is 3.78. The third-order valence-electron chi connectivity index (χ3n) is 3.73. The topological polar surface area (TPSA) is 42.1 Å². The van der Waals surface area contributed by atoms with Crippen LogP contribution in [0.3, 0.4) is 0 Å². The fraction of sp³-hybridized carbons (Fsp3) is 0.105. The summed E-state index contributed by atoms with van der Waals surface area (Å²) < 4.78 is 13.3. The third-order valence-corrected chi connectivity index (χ3v) is 3.73. The number of benzene rings is 2. The number of alkyl halides is 1. The van der Waals surface area contributed by atoms with E-state index >= 15 is 0 Å². The van der Waals surface area contributed by atoms with E-state index in [4.69, 9.17) is 5.84 Å². The first-order valence-electron chi connectivity index (χ1n) is 7.38. The van der Waals surface area contributed by atoms with Crippen molar-refractivity contribution in [2.75, 3.05) is 12.1 Å². The van der Waals surface area contributed by atoms with Gasteiger partial charge in [0.1, 0.15) is 6.67 Å². The van der Waals surface area contributed by atoms with Crippen LogP contribution in [0.25, 0.3) is 23.1 Å². The first-order chi connectivity index (χ1) is 11.2. The van der Waals surface area contributed by atoms with E-state index in [1.54, 1.807) is 13.1 Å². The van der Waals surface area contributed by atoms with E-state index in [1.165, 1.54) is 5.01 Å². The van der Waals surface area contributed by atoms with Crippen molar-refractivity contribution in [2.45, 2.75) is 6.67 Å². The molecule has 0 spiro atoms. The van der Waals surface area contributed by atoms with Crippen LogP contribution in [0.1, 0.15) is 16.8 Å². The van der Waals surface area contributed by atoms with Crippen LogP contribution in [0.15, 0.2) is 54.6 Å². The van der Waals surface area contributed by atoms with Gasteiger partial charge >= 0.3 is 0 Å². The van der Waals surface area contributed by atoms with Gasteiger partial charge in [0.25, 0.3) is 0 Å². The highest BCUT2D eigenvalue weighted by Crippen LogP contribution is 2.21. The average Bonchev–Trinajstić information content (AvgIpc) is 2.59. The van der Waals surface area contributed by atoms with Crippen LogP contribution in [0, 0.1) is 0 Å². The van der Waals surface area contributed by atoms with Gasteiger partial charge in [0.2, 0.25) is 0 Å². The zero-order valence-corrected chi connectivity index (χ0v) is 12.9. The molecule has 0 bridgehead atoms. The predicted octanol–water partition coefficient (Wildman–Crippen LogP) is 4.18. The second kappa shape index (κ2) is 6.58. The number of para-hydroxylation sites is 1. The van der Waals surface area contributed by atoms with E-state index in [1.807, 2.05) is 60.7 Å². The lowest BCUT2D eigenvalue weighted by Crippen LogP contribution is -2.25. The lowest BCUT2D eigenvalue weighted by molar-refractivity contribution is 0.485. The molecular weight excluding hydrogens is 289 g/mol. The van der Waals surface area contributed by atoms with Crippen molar-refractivity contribution >= 4 is 28.7 Å². The molecular formula is C19H18FN3. The fourth-order valence-corrected chi connectivity index (χ4v) is 2.44. The molecule has 0 fully saturated rings. The van der Waals surface area contributed by atoms with E-state index < -0.39 is 6.67 Å². The van der Waals surface area contributed by atoms with Crippen molar-refractivity contribution < 1.29 is 4.39 Å². The molecule has 3 nitrogen and oxygen atoms in total. The number of nitrogens with two attached hydrogens (primary N) is 1. The number of rotatable bonds is 4. The number of halogens is 1. The maximum absolute atomic E-state index is 13.3. The normalized spacial score (nSPS) is 11.3. The van der Waals surface area contributed by atoms with Gasteiger partial charge in [-0.2, -0.15) is 0 Å². The van der Waals surface area contributed by atoms with Crippen LogP contribution in [0.5, 0.6) is 0 Å². The van der Waals surface area contributed by atoms with Crippen molar-refractivity contribution in [1.29, 1.82) is 0 Å². The quantitative estimate of drug-likeness (QED) is 0.580. The molecule has 3 aromatic rings. The van der Waals surface area contributed by atoms with E-state index in [-0.39, 0.29) is 0 Å². The number of pyridine rings is 1. The predicted molar refractivity (Wildman–Crippen MR) is 94.5 cm³/mol. The second-order valence-electron chi connectivity index (χ2n) is 5.39. The van der Waals surface area contributed by atoms with Crippen LogP contribution in [-0.2, 0) is 6.67 Å². The Labute approximate surface area is 134 Å². The molecule has 1 aromatic heterocycles. The molecule has 2 aromatic carbocycles. The zero-order valence-electron chi connectivity index (χ0n) is 12.9. The molecule has 0 aliphatic carbocycles. The molecule has 23 heavy (non-hydrogen) atoms. The minimum absolute atomic E-state index is 0.535. The van der Waals surface area contributed by atoms with Crippen molar-refractivity contribution in [3.05, 3.63) is 71.4 Å². The van der Waals surface area contributed by atoms with Gasteiger partial charge in [-0.15, -0.1) is 0 Å². The van der Waals surface area contributed by atoms with Crippen LogP contribution in [-0.4, -0.2) is 12.0 Å². The Balaban J connectivity index is 1.91. The molecule has 2 N–H and O–H groups in total. The average molecular weight is 307 g/mol. The summed E-state index contributed by atoms with van der Waals surface area (Å²) in [6, 6.07) is 17.4. The molecule has 1 heterocycles. The molecule has 4 heteroatoms. The Morgan fingerprint density at radius 3 is 2.70 bits per heavy atom. The van der Waals surface area contributed by atoms with Gasteiger partial charge < -0.3 is 5.01 Å². The van der Waals surface area contributed by atoms with Crippen LogP contribution in [0.2, 0.25) is 0 Å². The van der Waals surface area contributed by atoms with Gasteiger partial charge in [-0.05, 0) is 41.5 Å². The maximum Gasteiger partial charge on any atom is 0.115 e. The van der Waals surface area contributed by atoms with Gasteiger partial charge in [0.05, 0.1) is 16.9 Å². The molecule has 0 aliphatic heterocycles. The number of nitrogens with zero attached hydrogens (tertiary/aromatic N) is 2. The molecule has 0 radical (unpaired) electrons. The first kappa shape index (κ1) is 15.2. The molecule has 0 amide bonds. The highest BCUT2D eigenvalue weighted by molar-refractivity contribution is 5.81. The molecule has 116 valence electrons. The number of aromatic nitrogens is 1. The minimum Gasteiger partial charge on any atom is -0.314 e. The van der Waals surface area contributed by atoms with Gasteiger partial charge in [-0.25, -0.2) is 15.2 Å². The summed E-state index contributed by atoms with van der Waals surface area (Å²) in [7, 11) is 1.73. The van der Waals surface area contributed by atoms with Gasteiger partial charge in [-0.1, -0.05) is 36.4 Å². The highest BCUT2D eigenvalue weighted by Gasteiger charge is 2.03. The fourth-order valence-electron chi connectivity index (χ4n) is 2.44. The van der Waals surface area contributed by atoms with Crippen molar-refractivity contribution in [1.82, 2.24) is 4.98 Å². The minimum atomic E-state index is -0.535. The number of fused-ring (bicyclic) bond motifs is 1. The monoisotopic (exact) mass is 307 g/mol. The molecule has 0 aliphatic rings. The van der Waals surface area contributed by atoms with Crippen molar-refractivity contribution in [2.24, 2.45) is 5.84 Å². The SMILES string of the molecule is CN(N)c1ccc(C=Cc2ccc3ccccc3n2)c(CF)c1. The van der Waals surface area contributed by atoms with Gasteiger partial charge in [-0.3, -0.25) is 0 Å². The number of hydrogen-bond donors (Lipinski definition) is 1. The summed E-state index contributed by atoms with van der Waals surface area (Å²) in [5.74, 6) is 5.69. The standard InChI is InChI=1S/C19H18FN3/c1-23(21)18-11-8-14(16(12-18)13-20)6-9-17-10-7-15-4-2-3-5-19(15)22-17/h2-12H,13,21H2,1H3. The van der Waals surface area contributed by atoms with Crippen LogP contribution < -0.4 is 10.9 Å². The van der Waals surface area contributed by atoms with Gasteiger partial charge in [0, 0.05) is 12.4 Å². The largest absolute Gasteiger partial charge is 0.314 e. The van der Waals surface area contributed by atoms with Crippen LogP contribution in [0.4, 0.5) is 10.1 Å². The Morgan fingerprint density at radius 1 is 1.09 bits per heavy atom. The molecule has 0 saturated heterocycles. The summed E-state index contributed by atoms with van der Waals surface area (Å²) in [5.41, 5.74) is 4.00. The number of anilines is 1. The van der Waals surface area contributed by atoms with E-state index in [0.717, 1.165) is 27.8 Å². The third kappa shape index (κ3) is 3.38. The summed E-state index contributed by atoms with van der Waals surface area (Å²) in [5, 5.41) is 2.57. The van der Waals surface area contributed by atoms with Crippen molar-refractivity contribution in [3.63, 3.8) is 0 Å². The Bertz CT molecular complexity index is 856. The summed E-state index contributed by atoms with van der Waals surface area (Å²) in [4.78, 5) is 4.58. The van der Waals surface area contributed by atoms with Crippen LogP contribution >= 0.6 is 0 Å². The molecule has 0 saturated carbocycles. The van der Waals surface area contributed by atoms with Gasteiger partial charge in [0.15, 0.2) is 0 Å². The Hall–Kier alpha value is -2.72. The van der Waals surface area contributed by atoms with E-state index in [2.05, 4.69) is 4.98 Å². The highest BCUT2D eigenvalue weighted by atomic mass is 19.1. The summed E-state index contributed by atoms with van der Waals surface area (Å²) >= 11 is 0. The first-order valence-corrected chi connectivity index (χ1v) is 7.38. The number of hydrazine groups is 1. The Morgan fingerprint density at radius 2 is 1.91 bits per heavy atom. The van der Waals surface area contributed by atoms with E-state index in [0.29, 0.717) is 5.56 Å². The number of hydrogen-bond acceptors (Lipinski definition) is 3. The molecule has 0 unspecified atom stereocenters. The lowest BCUT2D eigenvalue weighted by atomic mass is 10.1. The van der Waals surface area contributed by atoms with Crippen molar-refractivity contribution in [3.8, 4) is 0 Å². The summed E-state index contributed by atoms with van der Waals surface area (Å²) in [6.45, 7) is -0.535. The lowest BCUT2D eigenvalue weighted by Gasteiger charge is -2.13. The Kier molecular flexibility index (Phi) is 4.35. The molecule has 3 rings (SSSR count). The zero-order chi connectivity index (χ0) is 16.2. The maximum atomic E-state index is 13.3.